The Morgan fingerprint density at radius 2 is 0.603 bits per heavy atom. The molecule has 0 spiro atoms. The molecule has 674 valence electrons. The number of aromatic nitrogens is 8. The highest BCUT2D eigenvalue weighted by Crippen LogP contribution is 2.46. The molecule has 4 heterocycles. The number of fused-ring (bicyclic) bond motifs is 12. The van der Waals surface area contributed by atoms with Gasteiger partial charge in [0, 0.05) is 60.6 Å². The van der Waals surface area contributed by atoms with Crippen molar-refractivity contribution in [3.05, 3.63) is 303 Å². The van der Waals surface area contributed by atoms with E-state index < -0.39 is 58.6 Å². The molecule has 0 aliphatic heterocycles. The molecule has 4 aromatic heterocycles. The van der Waals surface area contributed by atoms with Gasteiger partial charge < -0.3 is 21.3 Å². The van der Waals surface area contributed by atoms with E-state index >= 15 is 0 Å². The van der Waals surface area contributed by atoms with Gasteiger partial charge >= 0.3 is 0 Å². The predicted molar refractivity (Wildman–Crippen MR) is 486 cm³/mol. The first-order valence-electron chi connectivity index (χ1n) is 45.2. The third-order valence-electron chi connectivity index (χ3n) is 26.1. The zero-order chi connectivity index (χ0) is 91.1. The summed E-state index contributed by atoms with van der Waals surface area (Å²) in [7, 11) is 0. The van der Waals surface area contributed by atoms with E-state index in [2.05, 4.69) is 48.8 Å². The third kappa shape index (κ3) is 21.0. The number of anilines is 4. The highest BCUT2D eigenvalue weighted by atomic mass is 127. The van der Waals surface area contributed by atoms with Crippen molar-refractivity contribution in [2.75, 3.05) is 21.3 Å². The fourth-order valence-electron chi connectivity index (χ4n) is 19.4. The van der Waals surface area contributed by atoms with E-state index in [1.807, 2.05) is 54.6 Å². The molecule has 0 saturated heterocycles. The summed E-state index contributed by atoms with van der Waals surface area (Å²) in [5, 5.41) is 11.5. The van der Waals surface area contributed by atoms with Crippen LogP contribution in [0, 0.1) is 67.6 Å². The first-order valence-corrected chi connectivity index (χ1v) is 46.3. The Kier molecular flexibility index (Phi) is 28.2. The van der Waals surface area contributed by atoms with E-state index in [1.54, 1.807) is 42.5 Å². The van der Waals surface area contributed by atoms with Gasteiger partial charge in [-0.2, -0.15) is 0 Å². The van der Waals surface area contributed by atoms with Gasteiger partial charge in [0.1, 0.15) is 23.3 Å². The molecule has 8 aliphatic carbocycles. The zero-order valence-corrected chi connectivity index (χ0v) is 74.0. The van der Waals surface area contributed by atoms with Gasteiger partial charge in [-0.05, 0) is 268 Å². The van der Waals surface area contributed by atoms with Crippen LogP contribution in [0.2, 0.25) is 0 Å². The van der Waals surface area contributed by atoms with Crippen LogP contribution < -0.4 is 21.3 Å². The second-order valence-electron chi connectivity index (χ2n) is 35.0. The van der Waals surface area contributed by atoms with Crippen molar-refractivity contribution in [1.29, 1.82) is 0 Å². The summed E-state index contributed by atoms with van der Waals surface area (Å²) in [6.45, 7) is 0. The lowest BCUT2D eigenvalue weighted by Crippen LogP contribution is -2.23. The molecule has 16 nitrogen and oxygen atoms in total. The van der Waals surface area contributed by atoms with Crippen LogP contribution in [0.25, 0.3) is 45.0 Å². The molecule has 20 rings (SSSR count). The lowest BCUT2D eigenvalue weighted by molar-refractivity contribution is -0.116. The third-order valence-corrected chi connectivity index (χ3v) is 26.8. The number of nitrogens with zero attached hydrogens (tertiary/aromatic N) is 8. The zero-order valence-electron chi connectivity index (χ0n) is 71.8. The summed E-state index contributed by atoms with van der Waals surface area (Å²) in [6, 6.07) is 39.6. The lowest BCUT2D eigenvalue weighted by atomic mass is 9.85. The maximum absolute atomic E-state index is 14.1. The first-order chi connectivity index (χ1) is 63.5. The van der Waals surface area contributed by atoms with E-state index in [0.717, 1.165) is 226 Å². The smallest absolute Gasteiger partial charge is 0.256 e. The second-order valence-corrected chi connectivity index (χ2v) is 36.2. The Hall–Kier alpha value is -12.1. The number of rotatable bonds is 15. The number of carbonyl (C=O) groups is 4. The fraction of sp³-hybridized carbons (Fsp3) is 0.340. The topological polar surface area (TPSA) is 220 Å². The standard InChI is InChI=1S/C26H21F6N3O.C26H24F3N3O.C26H25FIN3O.C25H24FN3O/c27-14-7-8-15-13(10-14)6-9-17-25(15)35-24(12-4-2-1-3-5-12)26(33-17)34-18(36)11-16-19(28)21(30)23(32)22(31)20(16)29;27-18-8-9-19-17(14-18)7-11-22-25(19)32-24(16-4-2-1-3-5-16)26(30-22)31-23(33)13-15-6-10-20(28)21(29)12-15;27-19-9-12-21-18(15-19)8-13-22-25(21)31-24(17-4-2-1-3-5-17)26(29-22)30-23(32)14-16-6-10-20(28)11-7-16;26-19-12-13-20-18(15-19)11-14-21-23(20)28-22(16-7-3-1-4-8-16)24(27-21)29-25(30)17-9-5-2-6-10-17/h7-8,10,12H,1-6,9,11H2,(H,33,34,36);6,8-10,12,14,16H,1-5,7,11,13H2,(H,30,31,33);6-7,9-12,15,17H,1-5,8,13-14H2,(H,29,30,32);2,5-6,9-10,12-13,15-16H,1,3-4,7-8,11,14H2,(H,27,29,30). The summed E-state index contributed by atoms with van der Waals surface area (Å²) < 4.78 is 152. The summed E-state index contributed by atoms with van der Waals surface area (Å²) in [5.74, 6) is -12.7. The van der Waals surface area contributed by atoms with Crippen molar-refractivity contribution < 1.29 is 67.5 Å². The number of hydrogen-bond donors (Lipinski definition) is 4. The van der Waals surface area contributed by atoms with Crippen LogP contribution in [0.3, 0.4) is 0 Å². The van der Waals surface area contributed by atoms with Crippen LogP contribution in [0.1, 0.15) is 247 Å². The van der Waals surface area contributed by atoms with Crippen LogP contribution in [-0.2, 0) is 85.0 Å². The number of carbonyl (C=O) groups excluding carboxylic acids is 4. The van der Waals surface area contributed by atoms with Gasteiger partial charge in [-0.15, -0.1) is 0 Å². The van der Waals surface area contributed by atoms with Crippen molar-refractivity contribution in [3.63, 3.8) is 0 Å². The largest absolute Gasteiger partial charge is 0.309 e. The quantitative estimate of drug-likeness (QED) is 0.0326. The Bertz CT molecular complexity index is 6330. The minimum absolute atomic E-state index is 0.0353. The second kappa shape index (κ2) is 40.7. The number of benzene rings is 8. The van der Waals surface area contributed by atoms with Crippen molar-refractivity contribution in [1.82, 2.24) is 39.9 Å². The van der Waals surface area contributed by atoms with E-state index in [4.69, 9.17) is 34.9 Å². The molecule has 4 saturated carbocycles. The van der Waals surface area contributed by atoms with E-state index in [9.17, 15) is 67.5 Å². The molecular weight excluding hydrogens is 1810 g/mol. The van der Waals surface area contributed by atoms with Crippen molar-refractivity contribution >= 4 is 69.5 Å². The summed E-state index contributed by atoms with van der Waals surface area (Å²) in [5.41, 5.74) is 17.1. The van der Waals surface area contributed by atoms with Crippen molar-refractivity contribution in [2.24, 2.45) is 0 Å². The van der Waals surface area contributed by atoms with E-state index in [1.165, 1.54) is 68.5 Å². The van der Waals surface area contributed by atoms with Crippen molar-refractivity contribution in [3.8, 4) is 45.0 Å². The first kappa shape index (κ1) is 90.8. The Labute approximate surface area is 764 Å². The lowest BCUT2D eigenvalue weighted by Gasteiger charge is -2.26. The molecule has 0 radical (unpaired) electrons. The molecule has 8 aromatic carbocycles. The summed E-state index contributed by atoms with van der Waals surface area (Å²) >= 11 is 2.26. The maximum Gasteiger partial charge on any atom is 0.256 e. The van der Waals surface area contributed by atoms with Gasteiger partial charge in [0.15, 0.2) is 58.2 Å². The van der Waals surface area contributed by atoms with Crippen molar-refractivity contribution in [2.45, 2.75) is 223 Å². The average molecular weight is 1900 g/mol. The van der Waals surface area contributed by atoms with Crippen LogP contribution >= 0.6 is 22.6 Å². The Balaban J connectivity index is 0.000000122. The molecule has 0 bridgehead atoms. The number of nitrogens with one attached hydrogen (secondary N) is 4. The average Bonchev–Trinajstić information content (AvgIpc) is 0.584. The SMILES string of the molecule is O=C(Cc1c(F)c(F)c(F)c(F)c1F)Nc1nc2c(nc1C1CCCCC1)-c1ccc(F)cc1CC2.O=C(Cc1ccc(F)c(F)c1)Nc1nc2c(nc1C1CCCCC1)-c1ccc(F)cc1CC2.O=C(Cc1ccc(I)cc1)Nc1nc2c(nc1C1CCCCC1)-c1ccc(F)cc1CC2.O=C(Nc1nc2c(nc1C1CCCCC1)-c1ccc(F)cc1CC2)c1ccccc1. The van der Waals surface area contributed by atoms with Gasteiger partial charge in [0.2, 0.25) is 23.5 Å². The number of hydrogen-bond acceptors (Lipinski definition) is 12. The fourth-order valence-corrected chi connectivity index (χ4v) is 19.8. The van der Waals surface area contributed by atoms with Gasteiger partial charge in [-0.25, -0.2) is 88.2 Å². The molecule has 0 atom stereocenters. The maximum atomic E-state index is 14.1. The molecule has 8 aliphatic rings. The predicted octanol–water partition coefficient (Wildman–Crippen LogP) is 24.1. The number of halogens is 12. The van der Waals surface area contributed by atoms with Crippen LogP contribution in [0.4, 0.5) is 71.6 Å². The minimum Gasteiger partial charge on any atom is -0.309 e. The molecule has 4 N–H and O–H groups in total. The molecule has 4 amide bonds. The highest BCUT2D eigenvalue weighted by molar-refractivity contribution is 14.1. The highest BCUT2D eigenvalue weighted by Gasteiger charge is 2.36. The summed E-state index contributed by atoms with van der Waals surface area (Å²) in [4.78, 5) is 90.4. The number of aryl methyl sites for hydroxylation is 8. The van der Waals surface area contributed by atoms with Crippen LogP contribution in [0.5, 0.6) is 0 Å². The number of amides is 4. The molecule has 0 unspecified atom stereocenters. The molecular formula is C103H94F11IN12O4. The molecule has 131 heavy (non-hydrogen) atoms. The Morgan fingerprint density at radius 1 is 0.298 bits per heavy atom. The molecule has 28 heteroatoms. The van der Waals surface area contributed by atoms with Gasteiger partial charge in [0.05, 0.1) is 87.6 Å². The molecule has 4 fully saturated rings. The summed E-state index contributed by atoms with van der Waals surface area (Å²) in [6.07, 6.45) is 25.4. The van der Waals surface area contributed by atoms with Crippen LogP contribution in [0.15, 0.2) is 146 Å². The van der Waals surface area contributed by atoms with E-state index in [0.29, 0.717) is 96.5 Å². The van der Waals surface area contributed by atoms with Gasteiger partial charge in [-0.1, -0.05) is 113 Å². The normalized spacial score (nSPS) is 15.6. The molecule has 12 aromatic rings. The Morgan fingerprint density at radius 3 is 0.939 bits per heavy atom. The van der Waals surface area contributed by atoms with Gasteiger partial charge in [-0.3, -0.25) is 19.2 Å². The van der Waals surface area contributed by atoms with Crippen LogP contribution in [-0.4, -0.2) is 63.5 Å². The van der Waals surface area contributed by atoms with Gasteiger partial charge in [0.25, 0.3) is 5.91 Å². The van der Waals surface area contributed by atoms with E-state index in [-0.39, 0.29) is 71.0 Å². The monoisotopic (exact) mass is 1900 g/mol. The minimum atomic E-state index is -2.28.